The van der Waals surface area contributed by atoms with Crippen molar-refractivity contribution in [3.63, 3.8) is 0 Å². The van der Waals surface area contributed by atoms with Gasteiger partial charge in [0.05, 0.1) is 25.4 Å². The Balaban J connectivity index is 3.35. The summed E-state index contributed by atoms with van der Waals surface area (Å²) in [5, 5.41) is 0. The van der Waals surface area contributed by atoms with Crippen LogP contribution in [0.1, 0.15) is 13.8 Å². The second kappa shape index (κ2) is 6.54. The molecule has 11 heavy (non-hydrogen) atoms. The Hall–Kier alpha value is -0.160. The normalized spacial score (nSPS) is 13.9. The van der Waals surface area contributed by atoms with Crippen LogP contribution >= 0.6 is 0 Å². The van der Waals surface area contributed by atoms with Crippen molar-refractivity contribution >= 4 is 0 Å². The fraction of sp³-hybridized carbons (Fsp3) is 1.00. The molecule has 0 aliphatic rings. The van der Waals surface area contributed by atoms with E-state index < -0.39 is 0 Å². The van der Waals surface area contributed by atoms with Gasteiger partial charge < -0.3 is 9.47 Å². The number of ether oxygens (including phenoxy) is 2. The molecule has 0 saturated heterocycles. The van der Waals surface area contributed by atoms with Crippen molar-refractivity contribution in [2.75, 3.05) is 20.3 Å². The maximum Gasteiger partial charge on any atom is 0.0678 e. The molecule has 0 aliphatic carbocycles. The van der Waals surface area contributed by atoms with Crippen molar-refractivity contribution < 1.29 is 9.47 Å². The minimum atomic E-state index is 0.0856. The molecule has 0 fully saturated rings. The first-order valence-corrected chi connectivity index (χ1v) is 3.77. The van der Waals surface area contributed by atoms with E-state index in [1.54, 1.807) is 7.11 Å². The van der Waals surface area contributed by atoms with Gasteiger partial charge in [0.2, 0.25) is 0 Å². The van der Waals surface area contributed by atoms with Gasteiger partial charge in [0, 0.05) is 7.11 Å². The smallest absolute Gasteiger partial charge is 0.0678 e. The lowest BCUT2D eigenvalue weighted by molar-refractivity contribution is 0.0393. The Morgan fingerprint density at radius 2 is 2.00 bits per heavy atom. The highest BCUT2D eigenvalue weighted by Gasteiger charge is 2.06. The molecule has 4 heteroatoms. The predicted molar refractivity (Wildman–Crippen MR) is 44.1 cm³/mol. The van der Waals surface area contributed by atoms with Gasteiger partial charge in [-0.15, -0.1) is 0 Å². The number of hydrogen-bond donors (Lipinski definition) is 2. The Bertz CT molecular complexity index is 88.5. The van der Waals surface area contributed by atoms with Gasteiger partial charge in [0.1, 0.15) is 0 Å². The Labute approximate surface area is 68.0 Å². The SMILES string of the molecule is COCC(COC(C)C)NN. The lowest BCUT2D eigenvalue weighted by atomic mass is 10.3. The van der Waals surface area contributed by atoms with Crippen LogP contribution in [0.3, 0.4) is 0 Å². The van der Waals surface area contributed by atoms with Crippen molar-refractivity contribution in [1.29, 1.82) is 0 Å². The van der Waals surface area contributed by atoms with E-state index in [2.05, 4.69) is 5.43 Å². The highest BCUT2D eigenvalue weighted by atomic mass is 16.5. The van der Waals surface area contributed by atoms with Gasteiger partial charge in [-0.05, 0) is 13.8 Å². The van der Waals surface area contributed by atoms with E-state index in [1.807, 2.05) is 13.8 Å². The van der Waals surface area contributed by atoms with Crippen LogP contribution in [-0.4, -0.2) is 32.5 Å². The van der Waals surface area contributed by atoms with E-state index in [4.69, 9.17) is 15.3 Å². The van der Waals surface area contributed by atoms with Crippen LogP contribution in [0.25, 0.3) is 0 Å². The van der Waals surface area contributed by atoms with Crippen molar-refractivity contribution in [2.45, 2.75) is 26.0 Å². The molecule has 0 saturated carbocycles. The third-order valence-electron chi connectivity index (χ3n) is 1.23. The van der Waals surface area contributed by atoms with Gasteiger partial charge in [-0.25, -0.2) is 0 Å². The molecule has 0 rings (SSSR count). The minimum absolute atomic E-state index is 0.0856. The summed E-state index contributed by atoms with van der Waals surface area (Å²) >= 11 is 0. The fourth-order valence-corrected chi connectivity index (χ4v) is 0.654. The van der Waals surface area contributed by atoms with Gasteiger partial charge >= 0.3 is 0 Å². The molecular weight excluding hydrogens is 144 g/mol. The van der Waals surface area contributed by atoms with E-state index in [9.17, 15) is 0 Å². The molecule has 0 aromatic rings. The summed E-state index contributed by atoms with van der Waals surface area (Å²) in [6, 6.07) is 0.0856. The number of hydrogen-bond acceptors (Lipinski definition) is 4. The van der Waals surface area contributed by atoms with E-state index in [0.29, 0.717) is 13.2 Å². The Morgan fingerprint density at radius 3 is 2.36 bits per heavy atom. The van der Waals surface area contributed by atoms with Gasteiger partial charge in [-0.2, -0.15) is 0 Å². The molecule has 1 unspecified atom stereocenters. The maximum atomic E-state index is 5.32. The molecule has 4 nitrogen and oxygen atoms in total. The number of nitrogens with one attached hydrogen (secondary N) is 1. The van der Waals surface area contributed by atoms with Gasteiger partial charge in [-0.3, -0.25) is 11.3 Å². The molecule has 1 atom stereocenters. The van der Waals surface area contributed by atoms with Crippen LogP contribution in [0, 0.1) is 0 Å². The van der Waals surface area contributed by atoms with Crippen molar-refractivity contribution in [1.82, 2.24) is 5.43 Å². The number of nitrogens with two attached hydrogens (primary N) is 1. The first-order valence-electron chi connectivity index (χ1n) is 3.77. The van der Waals surface area contributed by atoms with E-state index in [-0.39, 0.29) is 12.1 Å². The molecule has 0 aromatic carbocycles. The number of hydrazine groups is 1. The third-order valence-corrected chi connectivity index (χ3v) is 1.23. The molecule has 3 N–H and O–H groups in total. The van der Waals surface area contributed by atoms with Gasteiger partial charge in [-0.1, -0.05) is 0 Å². The summed E-state index contributed by atoms with van der Waals surface area (Å²) in [4.78, 5) is 0. The Morgan fingerprint density at radius 1 is 1.36 bits per heavy atom. The zero-order valence-electron chi connectivity index (χ0n) is 7.46. The summed E-state index contributed by atoms with van der Waals surface area (Å²) in [7, 11) is 1.64. The van der Waals surface area contributed by atoms with Gasteiger partial charge in [0.25, 0.3) is 0 Å². The van der Waals surface area contributed by atoms with E-state index in [1.165, 1.54) is 0 Å². The topological polar surface area (TPSA) is 56.5 Å². The lowest BCUT2D eigenvalue weighted by Gasteiger charge is -2.16. The van der Waals surface area contributed by atoms with Gasteiger partial charge in [0.15, 0.2) is 0 Å². The lowest BCUT2D eigenvalue weighted by Crippen LogP contribution is -2.42. The van der Waals surface area contributed by atoms with Crippen LogP contribution in [0.2, 0.25) is 0 Å². The van der Waals surface area contributed by atoms with Crippen LogP contribution in [-0.2, 0) is 9.47 Å². The zero-order chi connectivity index (χ0) is 8.69. The highest BCUT2D eigenvalue weighted by Crippen LogP contribution is 1.91. The summed E-state index contributed by atoms with van der Waals surface area (Å²) in [5.74, 6) is 5.24. The van der Waals surface area contributed by atoms with Crippen molar-refractivity contribution in [3.8, 4) is 0 Å². The quantitative estimate of drug-likeness (QED) is 0.422. The average molecular weight is 162 g/mol. The molecular formula is C7H18N2O2. The van der Waals surface area contributed by atoms with Crippen LogP contribution in [0.15, 0.2) is 0 Å². The molecule has 0 amide bonds. The van der Waals surface area contributed by atoms with E-state index in [0.717, 1.165) is 0 Å². The third kappa shape index (κ3) is 6.25. The Kier molecular flexibility index (Phi) is 6.45. The van der Waals surface area contributed by atoms with Crippen LogP contribution in [0.5, 0.6) is 0 Å². The highest BCUT2D eigenvalue weighted by molar-refractivity contribution is 4.60. The molecule has 0 radical (unpaired) electrons. The first kappa shape index (κ1) is 10.8. The molecule has 0 bridgehead atoms. The maximum absolute atomic E-state index is 5.32. The summed E-state index contributed by atoms with van der Waals surface area (Å²) < 4.78 is 10.2. The summed E-state index contributed by atoms with van der Waals surface area (Å²) in [6.45, 7) is 5.13. The molecule has 0 heterocycles. The van der Waals surface area contributed by atoms with Crippen molar-refractivity contribution in [3.05, 3.63) is 0 Å². The predicted octanol–water partition coefficient (Wildman–Crippen LogP) is -0.110. The van der Waals surface area contributed by atoms with E-state index >= 15 is 0 Å². The van der Waals surface area contributed by atoms with Crippen LogP contribution in [0.4, 0.5) is 0 Å². The molecule has 0 aromatic heterocycles. The first-order chi connectivity index (χ1) is 5.20. The van der Waals surface area contributed by atoms with Crippen LogP contribution < -0.4 is 11.3 Å². The zero-order valence-corrected chi connectivity index (χ0v) is 7.46. The molecule has 68 valence electrons. The second-order valence-electron chi connectivity index (χ2n) is 2.70. The minimum Gasteiger partial charge on any atom is -0.383 e. The number of rotatable bonds is 6. The number of methoxy groups -OCH3 is 1. The monoisotopic (exact) mass is 162 g/mol. The molecule has 0 aliphatic heterocycles. The molecule has 0 spiro atoms. The standard InChI is InChI=1S/C7H18N2O2/c1-6(2)11-5-7(9-8)4-10-3/h6-7,9H,4-5,8H2,1-3H3. The fourth-order valence-electron chi connectivity index (χ4n) is 0.654. The average Bonchev–Trinajstić information content (AvgIpc) is 1.97. The second-order valence-corrected chi connectivity index (χ2v) is 2.70. The summed E-state index contributed by atoms with van der Waals surface area (Å²) in [6.07, 6.45) is 0.239. The largest absolute Gasteiger partial charge is 0.383 e. The summed E-state index contributed by atoms with van der Waals surface area (Å²) in [5.41, 5.74) is 2.61. The van der Waals surface area contributed by atoms with Crippen molar-refractivity contribution in [2.24, 2.45) is 5.84 Å².